The lowest BCUT2D eigenvalue weighted by molar-refractivity contribution is 1.04. The number of aromatic nitrogens is 1. The number of hydrogen-bond donors (Lipinski definition) is 0. The van der Waals surface area contributed by atoms with Crippen molar-refractivity contribution < 1.29 is 0 Å². The second-order valence-corrected chi connectivity index (χ2v) is 12.6. The minimum atomic E-state index is 1.03. The molecule has 1 aliphatic carbocycles. The van der Waals surface area contributed by atoms with Crippen molar-refractivity contribution in [1.29, 1.82) is 0 Å². The first-order valence-corrected chi connectivity index (χ1v) is 16.8. The van der Waals surface area contributed by atoms with E-state index in [-0.39, 0.29) is 0 Å². The standard InChI is InChI=1S/C47H33N/c1-3-14-32(15-4-1)37-26-27-44(39-21-8-7-20-38(37)39)47-42-24-11-9-22-40(42)46(41-23-10-12-25-43(41)47)36-19-13-18-34(30-36)35-28-29-48-45(31-35)33-16-5-2-6-17-33/h1-5,7-16,18-31H,6,17H2. The fourth-order valence-electron chi connectivity index (χ4n) is 7.57. The van der Waals surface area contributed by atoms with E-state index in [1.165, 1.54) is 82.4 Å². The summed E-state index contributed by atoms with van der Waals surface area (Å²) < 4.78 is 0. The summed E-state index contributed by atoms with van der Waals surface area (Å²) >= 11 is 0. The van der Waals surface area contributed by atoms with Crippen molar-refractivity contribution in [2.24, 2.45) is 0 Å². The van der Waals surface area contributed by atoms with Crippen molar-refractivity contribution in [2.75, 3.05) is 0 Å². The first kappa shape index (κ1) is 28.2. The molecule has 0 spiro atoms. The van der Waals surface area contributed by atoms with Crippen LogP contribution in [0.15, 0.2) is 176 Å². The molecule has 9 rings (SSSR count). The molecule has 1 heteroatoms. The van der Waals surface area contributed by atoms with Crippen molar-refractivity contribution in [3.05, 3.63) is 182 Å². The van der Waals surface area contributed by atoms with Crippen LogP contribution < -0.4 is 0 Å². The maximum atomic E-state index is 4.73. The molecule has 226 valence electrons. The summed E-state index contributed by atoms with van der Waals surface area (Å²) in [5, 5.41) is 7.57. The van der Waals surface area contributed by atoms with E-state index in [2.05, 4.69) is 170 Å². The van der Waals surface area contributed by atoms with Crippen LogP contribution >= 0.6 is 0 Å². The molecule has 1 aliphatic rings. The summed E-state index contributed by atoms with van der Waals surface area (Å²) in [5.41, 5.74) is 12.3. The van der Waals surface area contributed by atoms with Crippen LogP contribution in [0.1, 0.15) is 18.5 Å². The zero-order valence-electron chi connectivity index (χ0n) is 26.6. The van der Waals surface area contributed by atoms with Gasteiger partial charge in [-0.15, -0.1) is 0 Å². The minimum absolute atomic E-state index is 1.03. The lowest BCUT2D eigenvalue weighted by Gasteiger charge is -2.20. The summed E-state index contributed by atoms with van der Waals surface area (Å²) in [6.07, 6.45) is 10.6. The molecule has 48 heavy (non-hydrogen) atoms. The summed E-state index contributed by atoms with van der Waals surface area (Å²) in [6.45, 7) is 0. The number of fused-ring (bicyclic) bond motifs is 3. The van der Waals surface area contributed by atoms with Gasteiger partial charge in [0.25, 0.3) is 0 Å². The second kappa shape index (κ2) is 12.0. The van der Waals surface area contributed by atoms with E-state index in [4.69, 9.17) is 4.98 Å². The highest BCUT2D eigenvalue weighted by Crippen LogP contribution is 2.46. The van der Waals surface area contributed by atoms with E-state index in [0.717, 1.165) is 18.5 Å². The maximum Gasteiger partial charge on any atom is 0.0667 e. The van der Waals surface area contributed by atoms with Crippen LogP contribution in [0.3, 0.4) is 0 Å². The zero-order chi connectivity index (χ0) is 31.9. The molecule has 0 radical (unpaired) electrons. The molecule has 0 aliphatic heterocycles. The van der Waals surface area contributed by atoms with Crippen molar-refractivity contribution in [3.8, 4) is 44.5 Å². The van der Waals surface area contributed by atoms with Crippen molar-refractivity contribution in [1.82, 2.24) is 4.98 Å². The Morgan fingerprint density at radius 1 is 0.417 bits per heavy atom. The number of pyridine rings is 1. The lowest BCUT2D eigenvalue weighted by atomic mass is 9.83. The van der Waals surface area contributed by atoms with Crippen molar-refractivity contribution >= 4 is 37.9 Å². The van der Waals surface area contributed by atoms with Crippen LogP contribution in [0.25, 0.3) is 82.4 Å². The average molecular weight is 612 g/mol. The van der Waals surface area contributed by atoms with Crippen LogP contribution in [0.2, 0.25) is 0 Å². The van der Waals surface area contributed by atoms with Crippen molar-refractivity contribution in [2.45, 2.75) is 12.8 Å². The summed E-state index contributed by atoms with van der Waals surface area (Å²) in [4.78, 5) is 4.73. The van der Waals surface area contributed by atoms with Gasteiger partial charge in [0.15, 0.2) is 0 Å². The first-order valence-electron chi connectivity index (χ1n) is 16.8. The molecule has 0 saturated carbocycles. The Labute approximate surface area is 281 Å². The number of nitrogens with zero attached hydrogens (tertiary/aromatic N) is 1. The van der Waals surface area contributed by atoms with E-state index in [1.807, 2.05) is 6.20 Å². The highest BCUT2D eigenvalue weighted by atomic mass is 14.7. The van der Waals surface area contributed by atoms with Crippen LogP contribution in [-0.4, -0.2) is 4.98 Å². The van der Waals surface area contributed by atoms with Crippen LogP contribution in [-0.2, 0) is 0 Å². The van der Waals surface area contributed by atoms with Gasteiger partial charge >= 0.3 is 0 Å². The van der Waals surface area contributed by atoms with Crippen LogP contribution in [0.4, 0.5) is 0 Å². The van der Waals surface area contributed by atoms with Crippen LogP contribution in [0, 0.1) is 0 Å². The third-order valence-electron chi connectivity index (χ3n) is 9.80. The number of benzene rings is 7. The maximum absolute atomic E-state index is 4.73. The van der Waals surface area contributed by atoms with E-state index in [0.29, 0.717) is 0 Å². The molecule has 0 unspecified atom stereocenters. The third-order valence-corrected chi connectivity index (χ3v) is 9.80. The predicted octanol–water partition coefficient (Wildman–Crippen LogP) is 12.9. The van der Waals surface area contributed by atoms with Gasteiger partial charge in [0, 0.05) is 6.20 Å². The minimum Gasteiger partial charge on any atom is -0.257 e. The highest BCUT2D eigenvalue weighted by molar-refractivity contribution is 6.24. The Hall–Kier alpha value is -6.05. The van der Waals surface area contributed by atoms with Gasteiger partial charge in [-0.2, -0.15) is 0 Å². The van der Waals surface area contributed by atoms with E-state index < -0.39 is 0 Å². The smallest absolute Gasteiger partial charge is 0.0667 e. The molecule has 1 aromatic heterocycles. The Kier molecular flexibility index (Phi) is 7.02. The molecule has 0 N–H and O–H groups in total. The van der Waals surface area contributed by atoms with E-state index >= 15 is 0 Å². The molecule has 0 atom stereocenters. The van der Waals surface area contributed by atoms with Gasteiger partial charge in [-0.1, -0.05) is 152 Å². The molecule has 0 amide bonds. The SMILES string of the molecule is C1=CCCC(c2cc(-c3cccc(-c4c5ccccc5c(-c5ccc(-c6ccccc6)c6ccccc56)c5ccccc45)c3)ccn2)=C1. The number of allylic oxidation sites excluding steroid dienone is 4. The molecule has 0 fully saturated rings. The van der Waals surface area contributed by atoms with E-state index in [1.54, 1.807) is 0 Å². The quantitative estimate of drug-likeness (QED) is 0.176. The van der Waals surface area contributed by atoms with Gasteiger partial charge in [0.2, 0.25) is 0 Å². The fraction of sp³-hybridized carbons (Fsp3) is 0.0426. The Morgan fingerprint density at radius 3 is 1.67 bits per heavy atom. The monoisotopic (exact) mass is 611 g/mol. The molecular weight excluding hydrogens is 579 g/mol. The number of rotatable bonds is 5. The van der Waals surface area contributed by atoms with Gasteiger partial charge in [0.05, 0.1) is 5.69 Å². The van der Waals surface area contributed by atoms with Gasteiger partial charge in [-0.05, 0) is 113 Å². The lowest BCUT2D eigenvalue weighted by Crippen LogP contribution is -1.94. The number of hydrogen-bond acceptors (Lipinski definition) is 1. The fourth-order valence-corrected chi connectivity index (χ4v) is 7.57. The Bertz CT molecular complexity index is 2500. The normalized spacial score (nSPS) is 12.9. The molecule has 8 aromatic rings. The molecule has 1 nitrogen and oxygen atoms in total. The zero-order valence-corrected chi connectivity index (χ0v) is 26.6. The van der Waals surface area contributed by atoms with Crippen molar-refractivity contribution in [3.63, 3.8) is 0 Å². The summed E-state index contributed by atoms with van der Waals surface area (Å²) in [6, 6.07) is 55.5. The average Bonchev–Trinajstić information content (AvgIpc) is 3.17. The molecule has 7 aromatic carbocycles. The molecular formula is C47H33N. The Balaban J connectivity index is 1.26. The van der Waals surface area contributed by atoms with Gasteiger partial charge in [-0.25, -0.2) is 0 Å². The summed E-state index contributed by atoms with van der Waals surface area (Å²) in [7, 11) is 0. The second-order valence-electron chi connectivity index (χ2n) is 12.6. The predicted molar refractivity (Wildman–Crippen MR) is 205 cm³/mol. The van der Waals surface area contributed by atoms with Crippen LogP contribution in [0.5, 0.6) is 0 Å². The molecule has 0 saturated heterocycles. The first-order chi connectivity index (χ1) is 23.8. The van der Waals surface area contributed by atoms with Gasteiger partial charge < -0.3 is 0 Å². The largest absolute Gasteiger partial charge is 0.257 e. The van der Waals surface area contributed by atoms with E-state index in [9.17, 15) is 0 Å². The van der Waals surface area contributed by atoms with Gasteiger partial charge in [-0.3, -0.25) is 4.98 Å². The summed E-state index contributed by atoms with van der Waals surface area (Å²) in [5.74, 6) is 0. The topological polar surface area (TPSA) is 12.9 Å². The third kappa shape index (κ3) is 4.84. The highest BCUT2D eigenvalue weighted by Gasteiger charge is 2.19. The Morgan fingerprint density at radius 2 is 0.979 bits per heavy atom. The van der Waals surface area contributed by atoms with Gasteiger partial charge in [0.1, 0.15) is 0 Å². The molecule has 1 heterocycles. The molecule has 0 bridgehead atoms.